The molecule has 0 radical (unpaired) electrons. The summed E-state index contributed by atoms with van der Waals surface area (Å²) in [6.07, 6.45) is 4.65. The third-order valence-corrected chi connectivity index (χ3v) is 3.24. The van der Waals surface area contributed by atoms with Gasteiger partial charge in [-0.05, 0) is 17.7 Å². The van der Waals surface area contributed by atoms with Crippen molar-refractivity contribution < 1.29 is 4.79 Å². The lowest BCUT2D eigenvalue weighted by Crippen LogP contribution is -2.45. The first-order valence-corrected chi connectivity index (χ1v) is 7.17. The second kappa shape index (κ2) is 7.17. The molecule has 0 atom stereocenters. The smallest absolute Gasteiger partial charge is 0.332 e. The third-order valence-electron chi connectivity index (χ3n) is 3.24. The summed E-state index contributed by atoms with van der Waals surface area (Å²) in [6.45, 7) is 0.764. The van der Waals surface area contributed by atoms with Crippen molar-refractivity contribution in [3.05, 3.63) is 78.6 Å². The molecule has 7 nitrogen and oxygen atoms in total. The lowest BCUT2D eigenvalue weighted by atomic mass is 10.2. The standard InChI is InChI=1S/C16H16N6O/c23-16(18-10-14-6-2-1-3-7-14)22(21-12-19-20-13-21)11-15-8-4-5-9-17-15/h1-9,12-13H,10-11H2,(H,18,23). The quantitative estimate of drug-likeness (QED) is 0.778. The van der Waals surface area contributed by atoms with E-state index in [0.29, 0.717) is 13.1 Å². The van der Waals surface area contributed by atoms with Crippen LogP contribution < -0.4 is 10.3 Å². The predicted octanol–water partition coefficient (Wildman–Crippen LogP) is 1.72. The van der Waals surface area contributed by atoms with E-state index in [9.17, 15) is 4.79 Å². The lowest BCUT2D eigenvalue weighted by Gasteiger charge is -2.22. The molecule has 23 heavy (non-hydrogen) atoms. The SMILES string of the molecule is O=C(NCc1ccccc1)N(Cc1ccccn1)n1cnnc1. The molecule has 116 valence electrons. The maximum Gasteiger partial charge on any atom is 0.337 e. The summed E-state index contributed by atoms with van der Waals surface area (Å²) in [5.74, 6) is 0. The van der Waals surface area contributed by atoms with Gasteiger partial charge in [-0.1, -0.05) is 36.4 Å². The van der Waals surface area contributed by atoms with Crippen LogP contribution in [0.15, 0.2) is 67.4 Å². The minimum absolute atomic E-state index is 0.251. The minimum Gasteiger partial charge on any atom is -0.332 e. The molecular weight excluding hydrogens is 292 g/mol. The topological polar surface area (TPSA) is 75.9 Å². The fraction of sp³-hybridized carbons (Fsp3) is 0.125. The van der Waals surface area contributed by atoms with Crippen LogP contribution in [0.2, 0.25) is 0 Å². The maximum absolute atomic E-state index is 12.5. The van der Waals surface area contributed by atoms with Gasteiger partial charge < -0.3 is 5.32 Å². The zero-order valence-electron chi connectivity index (χ0n) is 12.4. The molecule has 0 aliphatic heterocycles. The number of hydrogen-bond donors (Lipinski definition) is 1. The van der Waals surface area contributed by atoms with Gasteiger partial charge in [0.15, 0.2) is 0 Å². The second-order valence-corrected chi connectivity index (χ2v) is 4.86. The minimum atomic E-state index is -0.251. The number of pyridine rings is 1. The largest absolute Gasteiger partial charge is 0.337 e. The highest BCUT2D eigenvalue weighted by Gasteiger charge is 2.16. The van der Waals surface area contributed by atoms with Gasteiger partial charge in [-0.15, -0.1) is 10.2 Å². The van der Waals surface area contributed by atoms with Crippen LogP contribution in [-0.2, 0) is 13.1 Å². The molecule has 0 spiro atoms. The Morgan fingerprint density at radius 1 is 1.04 bits per heavy atom. The number of amides is 2. The number of benzene rings is 1. The number of nitrogens with zero attached hydrogens (tertiary/aromatic N) is 5. The summed E-state index contributed by atoms with van der Waals surface area (Å²) in [5.41, 5.74) is 1.80. The van der Waals surface area contributed by atoms with Gasteiger partial charge in [0.2, 0.25) is 0 Å². The fourth-order valence-electron chi connectivity index (χ4n) is 2.09. The van der Waals surface area contributed by atoms with Crippen molar-refractivity contribution in [3.8, 4) is 0 Å². The molecule has 0 fully saturated rings. The summed E-state index contributed by atoms with van der Waals surface area (Å²) >= 11 is 0. The van der Waals surface area contributed by atoms with E-state index in [1.807, 2.05) is 48.5 Å². The summed E-state index contributed by atoms with van der Waals surface area (Å²) in [4.78, 5) is 16.8. The monoisotopic (exact) mass is 308 g/mol. The van der Waals surface area contributed by atoms with Gasteiger partial charge in [0.25, 0.3) is 0 Å². The summed E-state index contributed by atoms with van der Waals surface area (Å²) in [7, 11) is 0. The maximum atomic E-state index is 12.5. The van der Waals surface area contributed by atoms with Crippen molar-refractivity contribution in [2.24, 2.45) is 0 Å². The van der Waals surface area contributed by atoms with Crippen LogP contribution in [0.4, 0.5) is 4.79 Å². The van der Waals surface area contributed by atoms with Crippen LogP contribution in [0.3, 0.4) is 0 Å². The van der Waals surface area contributed by atoms with Crippen LogP contribution in [-0.4, -0.2) is 25.9 Å². The molecule has 2 aromatic heterocycles. The Kier molecular flexibility index (Phi) is 4.58. The molecule has 0 saturated heterocycles. The van der Waals surface area contributed by atoms with Crippen molar-refractivity contribution in [2.75, 3.05) is 5.01 Å². The summed E-state index contributed by atoms with van der Waals surface area (Å²) in [6, 6.07) is 15.1. The molecule has 2 heterocycles. The normalized spacial score (nSPS) is 10.3. The molecule has 2 amide bonds. The van der Waals surface area contributed by atoms with E-state index in [1.54, 1.807) is 6.20 Å². The Hall–Kier alpha value is -3.22. The van der Waals surface area contributed by atoms with Crippen LogP contribution >= 0.6 is 0 Å². The van der Waals surface area contributed by atoms with Crippen molar-refractivity contribution >= 4 is 6.03 Å². The Morgan fingerprint density at radius 3 is 2.48 bits per heavy atom. The Bertz CT molecular complexity index is 730. The van der Waals surface area contributed by atoms with Gasteiger partial charge in [-0.2, -0.15) is 0 Å². The molecular formula is C16H16N6O. The van der Waals surface area contributed by atoms with E-state index >= 15 is 0 Å². The predicted molar refractivity (Wildman–Crippen MR) is 84.9 cm³/mol. The molecule has 0 aliphatic rings. The third kappa shape index (κ3) is 3.91. The van der Waals surface area contributed by atoms with Gasteiger partial charge in [-0.25, -0.2) is 14.5 Å². The van der Waals surface area contributed by atoms with Crippen LogP contribution in [0.1, 0.15) is 11.3 Å². The van der Waals surface area contributed by atoms with Crippen LogP contribution in [0.5, 0.6) is 0 Å². The average Bonchev–Trinajstić information content (AvgIpc) is 3.14. The highest BCUT2D eigenvalue weighted by molar-refractivity contribution is 5.84. The van der Waals surface area contributed by atoms with Gasteiger partial charge in [0, 0.05) is 12.7 Å². The highest BCUT2D eigenvalue weighted by atomic mass is 16.2. The number of urea groups is 1. The van der Waals surface area contributed by atoms with E-state index in [4.69, 9.17) is 0 Å². The number of carbonyl (C=O) groups excluding carboxylic acids is 1. The van der Waals surface area contributed by atoms with E-state index in [0.717, 1.165) is 11.3 Å². The number of rotatable bonds is 5. The molecule has 1 aromatic carbocycles. The Labute approximate surface area is 133 Å². The van der Waals surface area contributed by atoms with Crippen LogP contribution in [0.25, 0.3) is 0 Å². The molecule has 0 aliphatic carbocycles. The molecule has 1 N–H and O–H groups in total. The van der Waals surface area contributed by atoms with E-state index < -0.39 is 0 Å². The first-order chi connectivity index (χ1) is 11.3. The van der Waals surface area contributed by atoms with E-state index in [1.165, 1.54) is 22.3 Å². The highest BCUT2D eigenvalue weighted by Crippen LogP contribution is 2.03. The molecule has 0 bridgehead atoms. The molecule has 0 saturated carbocycles. The molecule has 0 unspecified atom stereocenters. The summed E-state index contributed by atoms with van der Waals surface area (Å²) in [5, 5.41) is 11.9. The first kappa shape index (κ1) is 14.7. The Balaban J connectivity index is 1.71. The Morgan fingerprint density at radius 2 is 1.78 bits per heavy atom. The van der Waals surface area contributed by atoms with Gasteiger partial charge in [0.1, 0.15) is 12.7 Å². The van der Waals surface area contributed by atoms with Crippen molar-refractivity contribution in [3.63, 3.8) is 0 Å². The molecule has 7 heteroatoms. The number of carbonyl (C=O) groups is 1. The van der Waals surface area contributed by atoms with Crippen molar-refractivity contribution in [1.82, 2.24) is 25.2 Å². The number of aromatic nitrogens is 4. The lowest BCUT2D eigenvalue weighted by molar-refractivity contribution is 0.239. The average molecular weight is 308 g/mol. The zero-order valence-corrected chi connectivity index (χ0v) is 12.4. The van der Waals surface area contributed by atoms with Gasteiger partial charge >= 0.3 is 6.03 Å². The van der Waals surface area contributed by atoms with E-state index in [-0.39, 0.29) is 6.03 Å². The summed E-state index contributed by atoms with van der Waals surface area (Å²) < 4.78 is 1.54. The van der Waals surface area contributed by atoms with Crippen LogP contribution in [0, 0.1) is 0 Å². The van der Waals surface area contributed by atoms with Gasteiger partial charge in [-0.3, -0.25) is 4.98 Å². The second-order valence-electron chi connectivity index (χ2n) is 4.86. The van der Waals surface area contributed by atoms with E-state index in [2.05, 4.69) is 20.5 Å². The van der Waals surface area contributed by atoms with Crippen molar-refractivity contribution in [2.45, 2.75) is 13.1 Å². The number of hydrogen-bond acceptors (Lipinski definition) is 4. The molecule has 3 aromatic rings. The zero-order chi connectivity index (χ0) is 15.9. The van der Waals surface area contributed by atoms with Gasteiger partial charge in [0.05, 0.1) is 12.2 Å². The first-order valence-electron chi connectivity index (χ1n) is 7.17. The van der Waals surface area contributed by atoms with Crippen molar-refractivity contribution in [1.29, 1.82) is 0 Å². The molecule has 3 rings (SSSR count). The number of nitrogens with one attached hydrogen (secondary N) is 1. The fourth-order valence-corrected chi connectivity index (χ4v) is 2.09.